The van der Waals surface area contributed by atoms with Gasteiger partial charge in [-0.15, -0.1) is 6.58 Å². The van der Waals surface area contributed by atoms with Crippen LogP contribution in [0.25, 0.3) is 5.69 Å². The highest BCUT2D eigenvalue weighted by Crippen LogP contribution is 2.14. The summed E-state index contributed by atoms with van der Waals surface area (Å²) < 4.78 is 1.99. The van der Waals surface area contributed by atoms with E-state index in [-0.39, 0.29) is 5.91 Å². The van der Waals surface area contributed by atoms with Crippen LogP contribution in [-0.4, -0.2) is 21.9 Å². The zero-order valence-corrected chi connectivity index (χ0v) is 14.4. The highest BCUT2D eigenvalue weighted by Gasteiger charge is 2.15. The molecule has 2 aromatic carbocycles. The molecule has 0 bridgehead atoms. The minimum absolute atomic E-state index is 0.0479. The summed E-state index contributed by atoms with van der Waals surface area (Å²) in [4.78, 5) is 14.6. The molecule has 128 valence electrons. The van der Waals surface area contributed by atoms with Gasteiger partial charge in [0.1, 0.15) is 0 Å². The van der Waals surface area contributed by atoms with E-state index in [4.69, 9.17) is 5.26 Å². The number of aromatic nitrogens is 1. The minimum atomic E-state index is -0.0479. The third-order valence-electron chi connectivity index (χ3n) is 4.11. The van der Waals surface area contributed by atoms with Crippen LogP contribution >= 0.6 is 0 Å². The SMILES string of the molecule is C=CCN(Cc1ccc(C#N)cc1)C(=O)c1ccc(-n2cccc2)cc1. The molecular weight excluding hydrogens is 322 g/mol. The van der Waals surface area contributed by atoms with Crippen LogP contribution < -0.4 is 0 Å². The molecule has 3 rings (SSSR count). The molecule has 4 heteroatoms. The van der Waals surface area contributed by atoms with Gasteiger partial charge in [0.15, 0.2) is 0 Å². The lowest BCUT2D eigenvalue weighted by Crippen LogP contribution is -2.30. The molecule has 0 saturated carbocycles. The highest BCUT2D eigenvalue weighted by molar-refractivity contribution is 5.94. The Kier molecular flexibility index (Phi) is 5.31. The summed E-state index contributed by atoms with van der Waals surface area (Å²) in [6, 6.07) is 20.8. The zero-order valence-electron chi connectivity index (χ0n) is 14.4. The van der Waals surface area contributed by atoms with Gasteiger partial charge in [0.25, 0.3) is 5.91 Å². The Bertz CT molecular complexity index is 917. The van der Waals surface area contributed by atoms with Crippen molar-refractivity contribution in [3.63, 3.8) is 0 Å². The van der Waals surface area contributed by atoms with E-state index in [0.717, 1.165) is 11.3 Å². The summed E-state index contributed by atoms with van der Waals surface area (Å²) in [5.74, 6) is -0.0479. The summed E-state index contributed by atoms with van der Waals surface area (Å²) in [5.41, 5.74) is 3.23. The van der Waals surface area contributed by atoms with Crippen molar-refractivity contribution >= 4 is 5.91 Å². The largest absolute Gasteiger partial charge is 0.331 e. The maximum absolute atomic E-state index is 12.9. The molecule has 1 heterocycles. The van der Waals surface area contributed by atoms with E-state index in [1.54, 1.807) is 23.1 Å². The van der Waals surface area contributed by atoms with Gasteiger partial charge in [0, 0.05) is 36.7 Å². The Balaban J connectivity index is 1.77. The van der Waals surface area contributed by atoms with Crippen molar-refractivity contribution in [3.8, 4) is 11.8 Å². The Labute approximate surface area is 153 Å². The Morgan fingerprint density at radius 1 is 1.08 bits per heavy atom. The standard InChI is InChI=1S/C22H19N3O/c1-2-13-25(17-19-7-5-18(16-23)6-8-19)22(26)20-9-11-21(12-10-20)24-14-3-4-15-24/h2-12,14-15H,1,13,17H2. The normalized spacial score (nSPS) is 10.1. The lowest BCUT2D eigenvalue weighted by Gasteiger charge is -2.21. The van der Waals surface area contributed by atoms with Crippen LogP contribution in [0.3, 0.4) is 0 Å². The van der Waals surface area contributed by atoms with Crippen molar-refractivity contribution in [2.45, 2.75) is 6.54 Å². The molecule has 0 saturated heterocycles. The summed E-state index contributed by atoms with van der Waals surface area (Å²) in [6.45, 7) is 4.68. The number of rotatable bonds is 6. The van der Waals surface area contributed by atoms with Crippen molar-refractivity contribution in [3.05, 3.63) is 102 Å². The first-order valence-corrected chi connectivity index (χ1v) is 8.34. The minimum Gasteiger partial charge on any atom is -0.331 e. The number of hydrogen-bond donors (Lipinski definition) is 0. The molecule has 1 aromatic heterocycles. The van der Waals surface area contributed by atoms with Crippen LogP contribution in [0.5, 0.6) is 0 Å². The van der Waals surface area contributed by atoms with Crippen LogP contribution in [0.2, 0.25) is 0 Å². The summed E-state index contributed by atoms with van der Waals surface area (Å²) in [7, 11) is 0. The van der Waals surface area contributed by atoms with E-state index in [1.807, 2.05) is 65.5 Å². The fourth-order valence-corrected chi connectivity index (χ4v) is 2.75. The summed E-state index contributed by atoms with van der Waals surface area (Å²) in [5, 5.41) is 8.89. The van der Waals surface area contributed by atoms with Gasteiger partial charge in [-0.1, -0.05) is 18.2 Å². The first-order valence-electron chi connectivity index (χ1n) is 8.34. The summed E-state index contributed by atoms with van der Waals surface area (Å²) >= 11 is 0. The Morgan fingerprint density at radius 2 is 1.73 bits per heavy atom. The topological polar surface area (TPSA) is 49.0 Å². The van der Waals surface area contributed by atoms with Gasteiger partial charge >= 0.3 is 0 Å². The fraction of sp³-hybridized carbons (Fsp3) is 0.0909. The van der Waals surface area contributed by atoms with E-state index in [0.29, 0.717) is 24.2 Å². The highest BCUT2D eigenvalue weighted by atomic mass is 16.2. The second-order valence-corrected chi connectivity index (χ2v) is 5.92. The number of amides is 1. The number of carbonyl (C=O) groups is 1. The average Bonchev–Trinajstić information content (AvgIpc) is 3.22. The maximum Gasteiger partial charge on any atom is 0.254 e. The number of nitrogens with zero attached hydrogens (tertiary/aromatic N) is 3. The first-order chi connectivity index (χ1) is 12.7. The number of hydrogen-bond acceptors (Lipinski definition) is 2. The van der Waals surface area contributed by atoms with Gasteiger partial charge < -0.3 is 9.47 Å². The van der Waals surface area contributed by atoms with Gasteiger partial charge in [-0.3, -0.25) is 4.79 Å². The van der Waals surface area contributed by atoms with Crippen LogP contribution in [0.15, 0.2) is 85.7 Å². The van der Waals surface area contributed by atoms with E-state index < -0.39 is 0 Å². The van der Waals surface area contributed by atoms with E-state index in [9.17, 15) is 4.79 Å². The number of benzene rings is 2. The van der Waals surface area contributed by atoms with Gasteiger partial charge in [-0.25, -0.2) is 0 Å². The van der Waals surface area contributed by atoms with Gasteiger partial charge in [0.2, 0.25) is 0 Å². The molecule has 1 amide bonds. The molecule has 0 aliphatic heterocycles. The quantitative estimate of drug-likeness (QED) is 0.632. The third kappa shape index (κ3) is 3.90. The molecule has 0 aliphatic rings. The van der Waals surface area contributed by atoms with Gasteiger partial charge in [-0.05, 0) is 54.1 Å². The summed E-state index contributed by atoms with van der Waals surface area (Å²) in [6.07, 6.45) is 5.65. The van der Waals surface area contributed by atoms with Crippen LogP contribution in [0.1, 0.15) is 21.5 Å². The van der Waals surface area contributed by atoms with Crippen LogP contribution in [-0.2, 0) is 6.54 Å². The molecule has 0 aliphatic carbocycles. The molecule has 4 nitrogen and oxygen atoms in total. The first kappa shape index (κ1) is 17.2. The van der Waals surface area contributed by atoms with Crippen molar-refractivity contribution in [1.82, 2.24) is 9.47 Å². The maximum atomic E-state index is 12.9. The molecule has 0 fully saturated rings. The lowest BCUT2D eigenvalue weighted by molar-refractivity contribution is 0.0762. The van der Waals surface area contributed by atoms with E-state index in [2.05, 4.69) is 12.6 Å². The van der Waals surface area contributed by atoms with Crippen LogP contribution in [0.4, 0.5) is 0 Å². The third-order valence-corrected chi connectivity index (χ3v) is 4.11. The second-order valence-electron chi connectivity index (χ2n) is 5.92. The van der Waals surface area contributed by atoms with E-state index >= 15 is 0 Å². The van der Waals surface area contributed by atoms with Crippen molar-refractivity contribution in [2.75, 3.05) is 6.54 Å². The van der Waals surface area contributed by atoms with Gasteiger partial charge in [0.05, 0.1) is 11.6 Å². The molecule has 26 heavy (non-hydrogen) atoms. The Morgan fingerprint density at radius 3 is 2.31 bits per heavy atom. The molecular formula is C22H19N3O. The fourth-order valence-electron chi connectivity index (χ4n) is 2.75. The number of carbonyl (C=O) groups excluding carboxylic acids is 1. The smallest absolute Gasteiger partial charge is 0.254 e. The van der Waals surface area contributed by atoms with Crippen molar-refractivity contribution in [1.29, 1.82) is 5.26 Å². The van der Waals surface area contributed by atoms with Crippen molar-refractivity contribution < 1.29 is 4.79 Å². The Hall–Kier alpha value is -3.58. The predicted molar refractivity (Wildman–Crippen MR) is 102 cm³/mol. The lowest BCUT2D eigenvalue weighted by atomic mass is 10.1. The monoisotopic (exact) mass is 341 g/mol. The second kappa shape index (κ2) is 8.00. The molecule has 0 N–H and O–H groups in total. The van der Waals surface area contributed by atoms with Crippen LogP contribution in [0, 0.1) is 11.3 Å². The van der Waals surface area contributed by atoms with E-state index in [1.165, 1.54) is 0 Å². The number of nitriles is 1. The van der Waals surface area contributed by atoms with Crippen molar-refractivity contribution in [2.24, 2.45) is 0 Å². The predicted octanol–water partition coefficient (Wildman–Crippen LogP) is 4.18. The average molecular weight is 341 g/mol. The molecule has 3 aromatic rings. The molecule has 0 atom stereocenters. The molecule has 0 radical (unpaired) electrons. The van der Waals surface area contributed by atoms with Gasteiger partial charge in [-0.2, -0.15) is 5.26 Å². The zero-order chi connectivity index (χ0) is 18.4. The molecule has 0 spiro atoms. The molecule has 0 unspecified atom stereocenters.